The number of hydrogen-bond donors (Lipinski definition) is 2. The van der Waals surface area contributed by atoms with Gasteiger partial charge in [-0.15, -0.1) is 0 Å². The average Bonchev–Trinajstić information content (AvgIpc) is 3.07. The van der Waals surface area contributed by atoms with Gasteiger partial charge in [-0.25, -0.2) is 0 Å². The third-order valence-corrected chi connectivity index (χ3v) is 5.33. The minimum absolute atomic E-state index is 0.0286. The number of methoxy groups -OCH3 is 1. The first-order valence-electron chi connectivity index (χ1n) is 9.00. The van der Waals surface area contributed by atoms with Crippen LogP contribution in [0, 0.1) is 0 Å². The first-order valence-corrected chi connectivity index (χ1v) is 9.00. The van der Waals surface area contributed by atoms with Crippen LogP contribution in [-0.4, -0.2) is 54.8 Å². The molecule has 1 aromatic rings. The zero-order valence-electron chi connectivity index (χ0n) is 14.9. The number of ether oxygens (including phenoxy) is 4. The van der Waals surface area contributed by atoms with E-state index >= 15 is 0 Å². The Balaban J connectivity index is 1.54. The molecule has 0 bridgehead atoms. The van der Waals surface area contributed by atoms with Gasteiger partial charge in [0, 0.05) is 19.2 Å². The Labute approximate surface area is 148 Å². The second-order valence-electron chi connectivity index (χ2n) is 7.63. The van der Waals surface area contributed by atoms with Crippen LogP contribution in [0.4, 0.5) is 0 Å². The molecular weight excluding hydrogens is 322 g/mol. The van der Waals surface area contributed by atoms with Crippen molar-refractivity contribution in [1.82, 2.24) is 5.32 Å². The van der Waals surface area contributed by atoms with E-state index in [9.17, 15) is 5.11 Å². The van der Waals surface area contributed by atoms with Crippen molar-refractivity contribution in [3.05, 3.63) is 35.9 Å². The molecule has 0 amide bonds. The number of fused-ring (bicyclic) bond motifs is 1. The van der Waals surface area contributed by atoms with Crippen molar-refractivity contribution in [2.75, 3.05) is 7.11 Å². The number of rotatable bonds is 3. The lowest BCUT2D eigenvalue weighted by molar-refractivity contribution is -0.231. The molecule has 25 heavy (non-hydrogen) atoms. The Hall–Kier alpha value is -1.02. The Morgan fingerprint density at radius 1 is 1.08 bits per heavy atom. The summed E-state index contributed by atoms with van der Waals surface area (Å²) >= 11 is 0. The standard InChI is InChI=1S/C19H27NO5/c1-19(2)24-16-15(23-18(22-3)17(16)25-19)14-10-12(21)9-13(20-14)11-7-5-4-6-8-11/h4-8,12-18,20-21H,9-10H2,1-3H3/t12-,13-,14+,15-,16+,17+,18+/m1/s1. The fraction of sp³-hybridized carbons (Fsp3) is 0.684. The Kier molecular flexibility index (Phi) is 4.60. The number of hydrogen-bond acceptors (Lipinski definition) is 6. The lowest BCUT2D eigenvalue weighted by atomic mass is 9.87. The molecule has 6 nitrogen and oxygen atoms in total. The molecule has 0 unspecified atom stereocenters. The van der Waals surface area contributed by atoms with Crippen molar-refractivity contribution < 1.29 is 24.1 Å². The summed E-state index contributed by atoms with van der Waals surface area (Å²) in [5.74, 6) is -0.653. The monoisotopic (exact) mass is 349 g/mol. The molecule has 138 valence electrons. The zero-order chi connectivity index (χ0) is 17.6. The molecular formula is C19H27NO5. The average molecular weight is 349 g/mol. The highest BCUT2D eigenvalue weighted by molar-refractivity contribution is 5.20. The highest BCUT2D eigenvalue weighted by Gasteiger charge is 2.58. The predicted octanol–water partition coefficient (Wildman–Crippen LogP) is 1.73. The second kappa shape index (κ2) is 6.61. The molecule has 3 aliphatic heterocycles. The number of nitrogens with one attached hydrogen (secondary N) is 1. The van der Waals surface area contributed by atoms with Crippen LogP contribution in [0.15, 0.2) is 30.3 Å². The highest BCUT2D eigenvalue weighted by Crippen LogP contribution is 2.42. The minimum Gasteiger partial charge on any atom is -0.393 e. The zero-order valence-corrected chi connectivity index (χ0v) is 14.9. The SMILES string of the molecule is CO[C@H]1O[C@H]([C@@H]2C[C@H](O)C[C@H](c3ccccc3)N2)[C@@H]2OC(C)(C)O[C@H]12. The predicted molar refractivity (Wildman–Crippen MR) is 90.8 cm³/mol. The molecule has 3 heterocycles. The maximum atomic E-state index is 10.4. The van der Waals surface area contributed by atoms with Crippen LogP contribution in [0.5, 0.6) is 0 Å². The van der Waals surface area contributed by atoms with Crippen molar-refractivity contribution in [2.45, 2.75) is 75.3 Å². The fourth-order valence-electron chi connectivity index (χ4n) is 4.31. The Bertz CT molecular complexity index is 595. The quantitative estimate of drug-likeness (QED) is 0.866. The summed E-state index contributed by atoms with van der Waals surface area (Å²) in [5, 5.41) is 14.1. The van der Waals surface area contributed by atoms with Gasteiger partial charge < -0.3 is 29.4 Å². The van der Waals surface area contributed by atoms with Gasteiger partial charge in [0.25, 0.3) is 0 Å². The molecule has 1 aromatic carbocycles. The van der Waals surface area contributed by atoms with Crippen molar-refractivity contribution in [3.63, 3.8) is 0 Å². The summed E-state index contributed by atoms with van der Waals surface area (Å²) < 4.78 is 23.6. The maximum Gasteiger partial charge on any atom is 0.186 e. The summed E-state index contributed by atoms with van der Waals surface area (Å²) in [6.45, 7) is 3.82. The van der Waals surface area contributed by atoms with Crippen LogP contribution in [0.3, 0.4) is 0 Å². The van der Waals surface area contributed by atoms with E-state index < -0.39 is 12.1 Å². The molecule has 6 heteroatoms. The fourth-order valence-corrected chi connectivity index (χ4v) is 4.31. The number of aliphatic hydroxyl groups excluding tert-OH is 1. The van der Waals surface area contributed by atoms with E-state index in [-0.39, 0.29) is 36.5 Å². The summed E-state index contributed by atoms with van der Waals surface area (Å²) in [6, 6.07) is 10.3. The highest BCUT2D eigenvalue weighted by atomic mass is 16.8. The molecule has 0 saturated carbocycles. The lowest BCUT2D eigenvalue weighted by Gasteiger charge is -2.38. The van der Waals surface area contributed by atoms with E-state index in [1.54, 1.807) is 7.11 Å². The van der Waals surface area contributed by atoms with Crippen LogP contribution in [0.25, 0.3) is 0 Å². The van der Waals surface area contributed by atoms with Crippen molar-refractivity contribution in [3.8, 4) is 0 Å². The van der Waals surface area contributed by atoms with Crippen molar-refractivity contribution in [2.24, 2.45) is 0 Å². The normalized spacial score (nSPS) is 43.1. The second-order valence-corrected chi connectivity index (χ2v) is 7.63. The van der Waals surface area contributed by atoms with Gasteiger partial charge in [0.15, 0.2) is 12.1 Å². The molecule has 7 atom stereocenters. The van der Waals surface area contributed by atoms with Gasteiger partial charge in [-0.05, 0) is 32.3 Å². The van der Waals surface area contributed by atoms with Gasteiger partial charge in [-0.1, -0.05) is 30.3 Å². The van der Waals surface area contributed by atoms with Gasteiger partial charge in [-0.3, -0.25) is 0 Å². The van der Waals surface area contributed by atoms with E-state index in [0.29, 0.717) is 12.8 Å². The van der Waals surface area contributed by atoms with Gasteiger partial charge in [0.2, 0.25) is 0 Å². The third-order valence-electron chi connectivity index (χ3n) is 5.33. The molecule has 3 fully saturated rings. The molecule has 0 aliphatic carbocycles. The molecule has 0 spiro atoms. The number of benzene rings is 1. The molecule has 4 rings (SSSR count). The number of aliphatic hydroxyl groups is 1. The van der Waals surface area contributed by atoms with E-state index in [1.807, 2.05) is 32.0 Å². The van der Waals surface area contributed by atoms with Gasteiger partial charge in [0.1, 0.15) is 18.3 Å². The molecule has 2 N–H and O–H groups in total. The van der Waals surface area contributed by atoms with E-state index in [0.717, 1.165) is 0 Å². The van der Waals surface area contributed by atoms with Gasteiger partial charge in [-0.2, -0.15) is 0 Å². The van der Waals surface area contributed by atoms with Crippen LogP contribution < -0.4 is 5.32 Å². The summed E-state index contributed by atoms with van der Waals surface area (Å²) in [5.41, 5.74) is 1.17. The van der Waals surface area contributed by atoms with Crippen molar-refractivity contribution in [1.29, 1.82) is 0 Å². The topological polar surface area (TPSA) is 69.2 Å². The van der Waals surface area contributed by atoms with Gasteiger partial charge in [0.05, 0.1) is 6.10 Å². The molecule has 0 aromatic heterocycles. The molecule has 3 aliphatic rings. The molecule has 3 saturated heterocycles. The summed E-state index contributed by atoms with van der Waals surface area (Å²) in [4.78, 5) is 0. The lowest BCUT2D eigenvalue weighted by Crippen LogP contribution is -2.52. The van der Waals surface area contributed by atoms with Crippen LogP contribution in [0.1, 0.15) is 38.3 Å². The third kappa shape index (κ3) is 3.35. The smallest absolute Gasteiger partial charge is 0.186 e. The minimum atomic E-state index is -0.653. The summed E-state index contributed by atoms with van der Waals surface area (Å²) in [7, 11) is 1.62. The van der Waals surface area contributed by atoms with Crippen LogP contribution >= 0.6 is 0 Å². The van der Waals surface area contributed by atoms with E-state index in [4.69, 9.17) is 18.9 Å². The van der Waals surface area contributed by atoms with E-state index in [2.05, 4.69) is 17.4 Å². The first-order chi connectivity index (χ1) is 12.0. The first kappa shape index (κ1) is 17.4. The Morgan fingerprint density at radius 3 is 2.52 bits per heavy atom. The van der Waals surface area contributed by atoms with E-state index in [1.165, 1.54) is 5.56 Å². The summed E-state index contributed by atoms with van der Waals surface area (Å²) in [6.07, 6.45) is -0.198. The van der Waals surface area contributed by atoms with Crippen LogP contribution in [0.2, 0.25) is 0 Å². The maximum absolute atomic E-state index is 10.4. The van der Waals surface area contributed by atoms with Crippen LogP contribution in [-0.2, 0) is 18.9 Å². The Morgan fingerprint density at radius 2 is 1.80 bits per heavy atom. The molecule has 0 radical (unpaired) electrons. The van der Waals surface area contributed by atoms with Gasteiger partial charge >= 0.3 is 0 Å². The largest absolute Gasteiger partial charge is 0.393 e. The van der Waals surface area contributed by atoms with Crippen molar-refractivity contribution >= 4 is 0 Å². The number of piperidine rings is 1.